The highest BCUT2D eigenvalue weighted by atomic mass is 32.1. The summed E-state index contributed by atoms with van der Waals surface area (Å²) < 4.78 is 18.6. The van der Waals surface area contributed by atoms with E-state index < -0.39 is 0 Å². The summed E-state index contributed by atoms with van der Waals surface area (Å²) in [6.45, 7) is 2.11. The third-order valence-corrected chi connectivity index (χ3v) is 4.63. The number of rotatable bonds is 7. The maximum absolute atomic E-state index is 13.1. The second-order valence-corrected chi connectivity index (χ2v) is 6.90. The minimum atomic E-state index is -0.346. The van der Waals surface area contributed by atoms with Crippen molar-refractivity contribution in [3.05, 3.63) is 46.7 Å². The molecule has 0 aliphatic heterocycles. The third-order valence-electron chi connectivity index (χ3n) is 3.77. The van der Waals surface area contributed by atoms with Crippen LogP contribution in [-0.2, 0) is 0 Å². The van der Waals surface area contributed by atoms with Crippen molar-refractivity contribution >= 4 is 17.4 Å². The summed E-state index contributed by atoms with van der Waals surface area (Å²) in [5.74, 6) is 0.574. The molecule has 2 N–H and O–H groups in total. The van der Waals surface area contributed by atoms with E-state index in [2.05, 4.69) is 15.6 Å². The third kappa shape index (κ3) is 4.67. The van der Waals surface area contributed by atoms with Gasteiger partial charge in [0.15, 0.2) is 0 Å². The zero-order valence-electron chi connectivity index (χ0n) is 13.4. The maximum Gasteiger partial charge on any atom is 0.315 e. The molecule has 2 amide bonds. The molecule has 1 fully saturated rings. The van der Waals surface area contributed by atoms with Gasteiger partial charge >= 0.3 is 6.03 Å². The van der Waals surface area contributed by atoms with Crippen molar-refractivity contribution in [3.63, 3.8) is 0 Å². The van der Waals surface area contributed by atoms with Gasteiger partial charge in [0.05, 0.1) is 12.1 Å². The Labute approximate surface area is 144 Å². The molecule has 0 unspecified atom stereocenters. The molecule has 24 heavy (non-hydrogen) atoms. The van der Waals surface area contributed by atoms with Crippen molar-refractivity contribution in [1.82, 2.24) is 15.6 Å². The molecule has 1 aromatic carbocycles. The molecule has 2 atom stereocenters. The van der Waals surface area contributed by atoms with Gasteiger partial charge in [0.2, 0.25) is 0 Å². The highest BCUT2D eigenvalue weighted by molar-refractivity contribution is 7.09. The molecule has 1 heterocycles. The average Bonchev–Trinajstić information content (AvgIpc) is 3.25. The minimum absolute atomic E-state index is 0.0265. The van der Waals surface area contributed by atoms with Crippen LogP contribution >= 0.6 is 11.3 Å². The van der Waals surface area contributed by atoms with Crippen molar-refractivity contribution < 1.29 is 13.9 Å². The van der Waals surface area contributed by atoms with Crippen molar-refractivity contribution in [2.45, 2.75) is 31.8 Å². The van der Waals surface area contributed by atoms with Crippen molar-refractivity contribution in [1.29, 1.82) is 0 Å². The number of aromatic nitrogens is 1. The topological polar surface area (TPSA) is 63.2 Å². The van der Waals surface area contributed by atoms with Crippen LogP contribution in [0.2, 0.25) is 0 Å². The van der Waals surface area contributed by atoms with E-state index in [4.69, 9.17) is 4.74 Å². The van der Waals surface area contributed by atoms with Crippen LogP contribution in [0.15, 0.2) is 35.8 Å². The summed E-state index contributed by atoms with van der Waals surface area (Å²) in [4.78, 5) is 16.5. The monoisotopic (exact) mass is 349 g/mol. The van der Waals surface area contributed by atoms with Crippen LogP contribution in [0, 0.1) is 11.7 Å². The fraction of sp³-hybridized carbons (Fsp3) is 0.412. The highest BCUT2D eigenvalue weighted by Crippen LogP contribution is 2.41. The van der Waals surface area contributed by atoms with Gasteiger partial charge in [-0.3, -0.25) is 0 Å². The molecule has 128 valence electrons. The molecule has 1 aliphatic carbocycles. The smallest absolute Gasteiger partial charge is 0.315 e. The lowest BCUT2D eigenvalue weighted by atomic mass is 10.2. The molecule has 3 rings (SSSR count). The fourth-order valence-electron chi connectivity index (χ4n) is 2.43. The molecule has 5 nitrogen and oxygen atoms in total. The number of hydrogen-bond acceptors (Lipinski definition) is 4. The zero-order valence-corrected chi connectivity index (χ0v) is 14.2. The number of nitrogens with one attached hydrogen (secondary N) is 2. The summed E-state index contributed by atoms with van der Waals surface area (Å²) in [6, 6.07) is 5.48. The number of nitrogens with zero attached hydrogens (tertiary/aromatic N) is 1. The predicted molar refractivity (Wildman–Crippen MR) is 90.6 cm³/mol. The molecule has 0 radical (unpaired) electrons. The number of benzene rings is 1. The molecule has 0 spiro atoms. The SMILES string of the molecule is C[C@H](COc1cccc(F)c1)NC(=O)N[C@@H](c1nccs1)C1CC1. The van der Waals surface area contributed by atoms with Gasteiger partial charge in [-0.1, -0.05) is 6.07 Å². The maximum atomic E-state index is 13.1. The van der Waals surface area contributed by atoms with E-state index in [-0.39, 0.29) is 30.5 Å². The zero-order chi connectivity index (χ0) is 16.9. The van der Waals surface area contributed by atoms with E-state index in [1.807, 2.05) is 12.3 Å². The lowest BCUT2D eigenvalue weighted by Gasteiger charge is -2.19. The first-order chi connectivity index (χ1) is 11.6. The van der Waals surface area contributed by atoms with E-state index in [1.54, 1.807) is 29.7 Å². The molecule has 0 bridgehead atoms. The van der Waals surface area contributed by atoms with Crippen LogP contribution < -0.4 is 15.4 Å². The molecule has 1 saturated carbocycles. The average molecular weight is 349 g/mol. The molecule has 2 aromatic rings. The Morgan fingerprint density at radius 1 is 1.46 bits per heavy atom. The van der Waals surface area contributed by atoms with Gasteiger partial charge in [0.25, 0.3) is 0 Å². The van der Waals surface area contributed by atoms with Gasteiger partial charge in [0, 0.05) is 17.6 Å². The molecule has 1 aliphatic rings. The summed E-state index contributed by atoms with van der Waals surface area (Å²) in [5.41, 5.74) is 0. The Kier molecular flexibility index (Phi) is 5.30. The minimum Gasteiger partial charge on any atom is -0.491 e. The lowest BCUT2D eigenvalue weighted by Crippen LogP contribution is -2.45. The van der Waals surface area contributed by atoms with E-state index in [9.17, 15) is 9.18 Å². The second-order valence-electron chi connectivity index (χ2n) is 5.97. The van der Waals surface area contributed by atoms with Gasteiger partial charge in [-0.15, -0.1) is 11.3 Å². The first kappa shape index (κ1) is 16.7. The van der Waals surface area contributed by atoms with Gasteiger partial charge in [-0.25, -0.2) is 14.2 Å². The quantitative estimate of drug-likeness (QED) is 0.804. The van der Waals surface area contributed by atoms with E-state index in [0.29, 0.717) is 11.7 Å². The number of hydrogen-bond donors (Lipinski definition) is 2. The predicted octanol–water partition coefficient (Wildman–Crippen LogP) is 3.50. The Morgan fingerprint density at radius 2 is 2.29 bits per heavy atom. The fourth-order valence-corrected chi connectivity index (χ4v) is 3.21. The molecule has 7 heteroatoms. The van der Waals surface area contributed by atoms with Crippen LogP contribution in [0.3, 0.4) is 0 Å². The van der Waals surface area contributed by atoms with Gasteiger partial charge in [-0.2, -0.15) is 0 Å². The number of amides is 2. The van der Waals surface area contributed by atoms with Crippen molar-refractivity contribution in [2.24, 2.45) is 5.92 Å². The summed E-state index contributed by atoms with van der Waals surface area (Å²) in [6.07, 6.45) is 3.98. The second kappa shape index (κ2) is 7.61. The van der Waals surface area contributed by atoms with Gasteiger partial charge in [0.1, 0.15) is 23.2 Å². The Hall–Kier alpha value is -2.15. The van der Waals surface area contributed by atoms with E-state index in [1.165, 1.54) is 12.1 Å². The Morgan fingerprint density at radius 3 is 2.96 bits per heavy atom. The first-order valence-corrected chi connectivity index (χ1v) is 8.84. The summed E-state index contributed by atoms with van der Waals surface area (Å²) >= 11 is 1.56. The lowest BCUT2D eigenvalue weighted by molar-refractivity contribution is 0.221. The number of ether oxygens (including phenoxy) is 1. The van der Waals surface area contributed by atoms with Crippen molar-refractivity contribution in [3.8, 4) is 5.75 Å². The van der Waals surface area contributed by atoms with Crippen LogP contribution in [0.4, 0.5) is 9.18 Å². The number of thiazole rings is 1. The largest absolute Gasteiger partial charge is 0.491 e. The van der Waals surface area contributed by atoms with Gasteiger partial charge in [-0.05, 0) is 37.8 Å². The molecule has 0 saturated heterocycles. The number of carbonyl (C=O) groups excluding carboxylic acids is 1. The summed E-state index contributed by atoms with van der Waals surface area (Å²) in [7, 11) is 0. The van der Waals surface area contributed by atoms with Crippen LogP contribution in [-0.4, -0.2) is 23.7 Å². The normalized spacial score (nSPS) is 16.2. The summed E-state index contributed by atoms with van der Waals surface area (Å²) in [5, 5.41) is 8.71. The van der Waals surface area contributed by atoms with E-state index in [0.717, 1.165) is 17.8 Å². The van der Waals surface area contributed by atoms with Crippen LogP contribution in [0.25, 0.3) is 0 Å². The highest BCUT2D eigenvalue weighted by Gasteiger charge is 2.35. The molecule has 1 aromatic heterocycles. The Balaban J connectivity index is 1.47. The van der Waals surface area contributed by atoms with Crippen LogP contribution in [0.1, 0.15) is 30.8 Å². The van der Waals surface area contributed by atoms with E-state index >= 15 is 0 Å². The van der Waals surface area contributed by atoms with Crippen molar-refractivity contribution in [2.75, 3.05) is 6.61 Å². The molecular formula is C17H20FN3O2S. The number of urea groups is 1. The van der Waals surface area contributed by atoms with Gasteiger partial charge < -0.3 is 15.4 Å². The Bertz CT molecular complexity index is 676. The van der Waals surface area contributed by atoms with Crippen LogP contribution in [0.5, 0.6) is 5.75 Å². The molecular weight excluding hydrogens is 329 g/mol. The number of carbonyl (C=O) groups is 1. The first-order valence-electron chi connectivity index (χ1n) is 7.96. The standard InChI is InChI=1S/C17H20FN3O2S/c1-11(10-23-14-4-2-3-13(18)9-14)20-17(22)21-15(12-5-6-12)16-19-7-8-24-16/h2-4,7-9,11-12,15H,5-6,10H2,1H3,(H2,20,21,22)/t11-,15-/m1/s1. The number of halogens is 1.